The average molecular weight is 486 g/mol. The molecule has 0 saturated carbocycles. The Morgan fingerprint density at radius 1 is 0.806 bits per heavy atom. The van der Waals surface area contributed by atoms with Gasteiger partial charge in [0.2, 0.25) is 5.91 Å². The Hall–Kier alpha value is -4.20. The van der Waals surface area contributed by atoms with Gasteiger partial charge in [-0.1, -0.05) is 24.3 Å². The second kappa shape index (κ2) is 9.81. The molecular formula is C28H27N3O5. The summed E-state index contributed by atoms with van der Waals surface area (Å²) in [7, 11) is 1.58. The molecule has 3 aromatic rings. The summed E-state index contributed by atoms with van der Waals surface area (Å²) in [5.74, 6) is -0.0471. The van der Waals surface area contributed by atoms with E-state index in [1.807, 2.05) is 24.3 Å². The fourth-order valence-electron chi connectivity index (χ4n) is 4.91. The first-order chi connectivity index (χ1) is 17.5. The molecule has 1 saturated heterocycles. The lowest BCUT2D eigenvalue weighted by atomic mass is 9.94. The quantitative estimate of drug-likeness (QED) is 0.501. The summed E-state index contributed by atoms with van der Waals surface area (Å²) in [5.41, 5.74) is 1.63. The number of carbonyl (C=O) groups is 4. The van der Waals surface area contributed by atoms with E-state index in [2.05, 4.69) is 0 Å². The number of ether oxygens (including phenoxy) is 1. The van der Waals surface area contributed by atoms with Gasteiger partial charge in [0.25, 0.3) is 17.7 Å². The van der Waals surface area contributed by atoms with E-state index in [-0.39, 0.29) is 36.6 Å². The molecule has 0 radical (unpaired) electrons. The van der Waals surface area contributed by atoms with Crippen LogP contribution in [0.2, 0.25) is 0 Å². The van der Waals surface area contributed by atoms with E-state index in [1.165, 1.54) is 4.90 Å². The van der Waals surface area contributed by atoms with Crippen LogP contribution in [-0.2, 0) is 4.79 Å². The SMILES string of the molecule is COc1ccc(C(=O)N2CCN(C(=O)CCCN3C(=O)c4cccc5cccc(c45)C3=O)CC2)cc1. The molecule has 184 valence electrons. The van der Waals surface area contributed by atoms with E-state index in [4.69, 9.17) is 4.74 Å². The first-order valence-corrected chi connectivity index (χ1v) is 12.1. The van der Waals surface area contributed by atoms with E-state index in [0.29, 0.717) is 60.4 Å². The maximum atomic E-state index is 13.0. The average Bonchev–Trinajstić information content (AvgIpc) is 2.93. The van der Waals surface area contributed by atoms with Crippen LogP contribution >= 0.6 is 0 Å². The molecule has 2 heterocycles. The number of piperazine rings is 1. The summed E-state index contributed by atoms with van der Waals surface area (Å²) in [6.07, 6.45) is 0.620. The first kappa shape index (κ1) is 23.5. The fraction of sp³-hybridized carbons (Fsp3) is 0.286. The molecule has 0 spiro atoms. The van der Waals surface area contributed by atoms with Crippen LogP contribution < -0.4 is 4.74 Å². The van der Waals surface area contributed by atoms with Crippen molar-refractivity contribution in [2.45, 2.75) is 12.8 Å². The lowest BCUT2D eigenvalue weighted by Crippen LogP contribution is -2.50. The van der Waals surface area contributed by atoms with Gasteiger partial charge >= 0.3 is 0 Å². The number of nitrogens with zero attached hydrogens (tertiary/aromatic N) is 3. The fourth-order valence-corrected chi connectivity index (χ4v) is 4.91. The zero-order valence-corrected chi connectivity index (χ0v) is 20.1. The molecule has 0 aromatic heterocycles. The third kappa shape index (κ3) is 4.30. The number of amides is 4. The van der Waals surface area contributed by atoms with Crippen LogP contribution in [0.1, 0.15) is 43.9 Å². The highest BCUT2D eigenvalue weighted by Crippen LogP contribution is 2.30. The van der Waals surface area contributed by atoms with Gasteiger partial charge in [-0.25, -0.2) is 0 Å². The van der Waals surface area contributed by atoms with Gasteiger partial charge in [-0.05, 0) is 48.2 Å². The van der Waals surface area contributed by atoms with Crippen LogP contribution in [0, 0.1) is 0 Å². The van der Waals surface area contributed by atoms with Crippen LogP contribution in [0.25, 0.3) is 10.8 Å². The predicted molar refractivity (Wildman–Crippen MR) is 134 cm³/mol. The van der Waals surface area contributed by atoms with Crippen molar-refractivity contribution < 1.29 is 23.9 Å². The van der Waals surface area contributed by atoms with Crippen LogP contribution in [-0.4, -0.2) is 78.2 Å². The summed E-state index contributed by atoms with van der Waals surface area (Å²) < 4.78 is 5.14. The molecule has 0 unspecified atom stereocenters. The van der Waals surface area contributed by atoms with Crippen molar-refractivity contribution in [2.24, 2.45) is 0 Å². The number of carbonyl (C=O) groups excluding carboxylic acids is 4. The smallest absolute Gasteiger partial charge is 0.261 e. The molecule has 2 aliphatic heterocycles. The summed E-state index contributed by atoms with van der Waals surface area (Å²) >= 11 is 0. The second-order valence-electron chi connectivity index (χ2n) is 8.98. The minimum absolute atomic E-state index is 0.0362. The predicted octanol–water partition coefficient (Wildman–Crippen LogP) is 3.21. The topological polar surface area (TPSA) is 87.2 Å². The Morgan fingerprint density at radius 2 is 1.39 bits per heavy atom. The van der Waals surface area contributed by atoms with Crippen molar-refractivity contribution in [1.82, 2.24) is 14.7 Å². The molecule has 3 aromatic carbocycles. The normalized spacial score (nSPS) is 15.4. The Balaban J connectivity index is 1.14. The number of imide groups is 1. The minimum atomic E-state index is -0.317. The van der Waals surface area contributed by atoms with Crippen LogP contribution in [0.3, 0.4) is 0 Å². The molecular weight excluding hydrogens is 458 g/mol. The molecule has 1 fully saturated rings. The van der Waals surface area contributed by atoms with E-state index in [0.717, 1.165) is 5.39 Å². The Labute approximate surface area is 209 Å². The maximum absolute atomic E-state index is 13.0. The van der Waals surface area contributed by atoms with Crippen molar-refractivity contribution in [1.29, 1.82) is 0 Å². The number of benzene rings is 3. The largest absolute Gasteiger partial charge is 0.497 e. The molecule has 0 N–H and O–H groups in total. The van der Waals surface area contributed by atoms with E-state index in [1.54, 1.807) is 53.3 Å². The molecule has 0 atom stereocenters. The molecule has 0 bridgehead atoms. The zero-order valence-electron chi connectivity index (χ0n) is 20.1. The standard InChI is InChI=1S/C28H27N3O5/c1-36-21-12-10-20(11-13-21)26(33)30-17-15-29(16-18-30)24(32)9-4-14-31-27(34)22-7-2-5-19-6-3-8-23(25(19)22)28(31)35/h2-3,5-8,10-13H,4,9,14-18H2,1H3. The van der Waals surface area contributed by atoms with Crippen LogP contribution in [0.4, 0.5) is 0 Å². The molecule has 5 rings (SSSR count). The number of methoxy groups -OCH3 is 1. The number of rotatable bonds is 6. The highest BCUT2D eigenvalue weighted by molar-refractivity contribution is 6.25. The van der Waals surface area contributed by atoms with Gasteiger partial charge in [-0.3, -0.25) is 24.1 Å². The summed E-state index contributed by atoms with van der Waals surface area (Å²) in [6.45, 7) is 2.01. The Kier molecular flexibility index (Phi) is 6.41. The van der Waals surface area contributed by atoms with Crippen molar-refractivity contribution in [2.75, 3.05) is 39.8 Å². The highest BCUT2D eigenvalue weighted by atomic mass is 16.5. The molecule has 36 heavy (non-hydrogen) atoms. The van der Waals surface area contributed by atoms with Gasteiger partial charge in [0.1, 0.15) is 5.75 Å². The lowest BCUT2D eigenvalue weighted by molar-refractivity contribution is -0.132. The van der Waals surface area contributed by atoms with Crippen LogP contribution in [0.15, 0.2) is 60.7 Å². The molecule has 0 aliphatic carbocycles. The van der Waals surface area contributed by atoms with Crippen molar-refractivity contribution in [3.05, 3.63) is 77.4 Å². The van der Waals surface area contributed by atoms with Gasteiger partial charge in [0.15, 0.2) is 0 Å². The van der Waals surface area contributed by atoms with E-state index >= 15 is 0 Å². The third-order valence-corrected chi connectivity index (χ3v) is 6.88. The minimum Gasteiger partial charge on any atom is -0.497 e. The lowest BCUT2D eigenvalue weighted by Gasteiger charge is -2.35. The first-order valence-electron chi connectivity index (χ1n) is 12.1. The van der Waals surface area contributed by atoms with E-state index in [9.17, 15) is 19.2 Å². The van der Waals surface area contributed by atoms with Gasteiger partial charge < -0.3 is 14.5 Å². The van der Waals surface area contributed by atoms with E-state index < -0.39 is 0 Å². The summed E-state index contributed by atoms with van der Waals surface area (Å²) in [5, 5.41) is 1.57. The summed E-state index contributed by atoms with van der Waals surface area (Å²) in [4.78, 5) is 56.3. The molecule has 8 nitrogen and oxygen atoms in total. The van der Waals surface area contributed by atoms with Gasteiger partial charge in [0, 0.05) is 61.2 Å². The second-order valence-corrected chi connectivity index (χ2v) is 8.98. The van der Waals surface area contributed by atoms with Crippen LogP contribution in [0.5, 0.6) is 5.75 Å². The Morgan fingerprint density at radius 3 is 1.97 bits per heavy atom. The van der Waals surface area contributed by atoms with Gasteiger partial charge in [-0.2, -0.15) is 0 Å². The third-order valence-electron chi connectivity index (χ3n) is 6.88. The Bertz CT molecular complexity index is 1290. The zero-order chi connectivity index (χ0) is 25.2. The molecule has 4 amide bonds. The maximum Gasteiger partial charge on any atom is 0.261 e. The number of hydrogen-bond acceptors (Lipinski definition) is 5. The summed E-state index contributed by atoms with van der Waals surface area (Å²) in [6, 6.07) is 17.9. The van der Waals surface area contributed by atoms with Gasteiger partial charge in [-0.15, -0.1) is 0 Å². The molecule has 2 aliphatic rings. The number of hydrogen-bond donors (Lipinski definition) is 0. The monoisotopic (exact) mass is 485 g/mol. The van der Waals surface area contributed by atoms with Gasteiger partial charge in [0.05, 0.1) is 7.11 Å². The van der Waals surface area contributed by atoms with Crippen molar-refractivity contribution >= 4 is 34.4 Å². The highest BCUT2D eigenvalue weighted by Gasteiger charge is 2.32. The van der Waals surface area contributed by atoms with Crippen molar-refractivity contribution in [3.8, 4) is 5.75 Å². The van der Waals surface area contributed by atoms with Crippen molar-refractivity contribution in [3.63, 3.8) is 0 Å². The molecule has 8 heteroatoms.